The Hall–Kier alpha value is -7.95. The third kappa shape index (κ3) is 49.7. The van der Waals surface area contributed by atoms with Crippen molar-refractivity contribution in [1.82, 2.24) is 37.2 Å². The maximum Gasteiger partial charge on any atom is 0.121 e. The normalized spacial score (nSPS) is 14.4. The third-order valence-corrected chi connectivity index (χ3v) is 21.2. The van der Waals surface area contributed by atoms with Crippen molar-refractivity contribution in [3.63, 3.8) is 0 Å². The lowest BCUT2D eigenvalue weighted by atomic mass is 9.86. The molecule has 7 atom stereocenters. The summed E-state index contributed by atoms with van der Waals surface area (Å²) in [6, 6.07) is 64.4. The van der Waals surface area contributed by atoms with E-state index in [2.05, 4.69) is 548 Å². The highest BCUT2D eigenvalue weighted by Gasteiger charge is 2.28. The number of nitriles is 1. The summed E-state index contributed by atoms with van der Waals surface area (Å²) in [5, 5.41) is 43.5. The first-order valence-electron chi connectivity index (χ1n) is 47.9. The molecule has 0 aliphatic carbocycles. The van der Waals surface area contributed by atoms with Crippen LogP contribution < -0.4 is 37.2 Å². The van der Waals surface area contributed by atoms with Gasteiger partial charge in [0.05, 0.1) is 36.8 Å². The highest BCUT2D eigenvalue weighted by molar-refractivity contribution is 5.38. The summed E-state index contributed by atoms with van der Waals surface area (Å²) in [7, 11) is 0. The Morgan fingerprint density at radius 1 is 0.285 bits per heavy atom. The molecule has 0 heterocycles. The smallest absolute Gasteiger partial charge is 0.121 e. The zero-order chi connectivity index (χ0) is 101. The zero-order valence-electron chi connectivity index (χ0n) is 91.0. The first-order valence-corrected chi connectivity index (χ1v) is 47.9. The molecule has 0 aliphatic rings. The minimum atomic E-state index is -0.251. The molecule has 0 fully saturated rings. The summed E-state index contributed by atoms with van der Waals surface area (Å²) in [4.78, 5) is 0. The minimum Gasteiger partial charge on any atom is -0.394 e. The van der Waals surface area contributed by atoms with E-state index in [0.29, 0.717) is 12.5 Å². The van der Waals surface area contributed by atoms with Crippen LogP contribution in [0.1, 0.15) is 438 Å². The van der Waals surface area contributed by atoms with Crippen LogP contribution in [0.3, 0.4) is 0 Å². The van der Waals surface area contributed by atoms with Crippen LogP contribution in [0.15, 0.2) is 207 Å². The van der Waals surface area contributed by atoms with E-state index in [9.17, 15) is 10.4 Å². The zero-order valence-corrected chi connectivity index (χ0v) is 91.0. The van der Waals surface area contributed by atoms with Crippen molar-refractivity contribution >= 4 is 0 Å². The molecule has 0 saturated carbocycles. The summed E-state index contributed by atoms with van der Waals surface area (Å²) >= 11 is 0. The first-order chi connectivity index (χ1) is 58.9. The van der Waals surface area contributed by atoms with Gasteiger partial charge in [0, 0.05) is 57.3 Å². The average molecular weight is 1770 g/mol. The molecule has 720 valence electrons. The number of terminal acetylenes is 2. The number of aliphatic hydroxyl groups excluding tert-OH is 1. The second-order valence-electron chi connectivity index (χ2n) is 49.8. The minimum absolute atomic E-state index is 0.000909. The summed E-state index contributed by atoms with van der Waals surface area (Å²) in [6.07, 6.45) is 23.4. The Balaban J connectivity index is 0.000000758. The Morgan fingerprint density at radius 2 is 0.485 bits per heavy atom. The molecule has 0 bridgehead atoms. The molecule has 130 heavy (non-hydrogen) atoms. The Kier molecular flexibility index (Phi) is 47.0. The fourth-order valence-electron chi connectivity index (χ4n) is 14.1. The van der Waals surface area contributed by atoms with E-state index in [1.807, 2.05) is 18.2 Å². The molecule has 8 N–H and O–H groups in total. The van der Waals surface area contributed by atoms with Gasteiger partial charge in [0.1, 0.15) is 6.04 Å². The molecule has 0 aliphatic heterocycles. The molecule has 0 aromatic heterocycles. The van der Waals surface area contributed by atoms with E-state index >= 15 is 0 Å². The van der Waals surface area contributed by atoms with Crippen LogP contribution in [-0.4, -0.2) is 50.5 Å². The number of nitrogens with zero attached hydrogens (tertiary/aromatic N) is 1. The van der Waals surface area contributed by atoms with Crippen molar-refractivity contribution in [3.8, 4) is 30.8 Å². The molecule has 7 rings (SSSR count). The predicted octanol–water partition coefficient (Wildman–Crippen LogP) is 30.8. The summed E-state index contributed by atoms with van der Waals surface area (Å²) in [5.41, 5.74) is 19.7. The van der Waals surface area contributed by atoms with Gasteiger partial charge in [-0.05, 0) is 281 Å². The van der Waals surface area contributed by atoms with E-state index < -0.39 is 0 Å². The predicted molar refractivity (Wildman–Crippen MR) is 575 cm³/mol. The second-order valence-corrected chi connectivity index (χ2v) is 49.8. The van der Waals surface area contributed by atoms with Gasteiger partial charge in [-0.2, -0.15) is 5.26 Å². The summed E-state index contributed by atoms with van der Waals surface area (Å²) in [6.45, 7) is 100. The molecule has 7 aromatic carbocycles. The van der Waals surface area contributed by atoms with Crippen molar-refractivity contribution in [2.75, 3.05) is 6.61 Å². The maximum absolute atomic E-state index is 9.51. The van der Waals surface area contributed by atoms with Gasteiger partial charge < -0.3 is 31.7 Å². The highest BCUT2D eigenvalue weighted by Crippen LogP contribution is 2.34. The standard InChI is InChI=1S/3C18H29N.C18H27N.C17H25N.C16H24N2.C16H27NO/c4*1-8-9-16(19-18(5,6)7)14-10-12-15(13-11-14)17(2,3)4;1-8-15(18-17(5,6)7)13-9-11-14(12-10-13)16(2,3)4;1-15(2,3)13-9-7-12(8-10-13)14(11-17)18-16(4,5)6;1-15(2,3)13-9-7-12(8-10-13)14(11-18)17-16(4,5)6/h2*8-13,16,19H,1-7H3;8,10-13,16,19H,1,9H2,2-7H3;1,10-13,16,19H,9H2,2-7H3;1,9-12,15,18H,2-7H3;7-10,14,18H,1-6H3;7-10,14,17-18H,11H2,1-6H3/b9-8+;9-8-;;;;;/t4*16-;15-;;14-/m11111.1/s1. The van der Waals surface area contributed by atoms with E-state index in [0.717, 1.165) is 23.1 Å². The lowest BCUT2D eigenvalue weighted by Gasteiger charge is -2.29. The Labute approximate surface area is 801 Å². The molecular formula is C121H190N8O. The molecule has 0 amide bonds. The topological polar surface area (TPSA) is 128 Å². The van der Waals surface area contributed by atoms with Gasteiger partial charge in [0.2, 0.25) is 0 Å². The van der Waals surface area contributed by atoms with Crippen LogP contribution in [0.25, 0.3) is 0 Å². The van der Waals surface area contributed by atoms with Crippen LogP contribution in [-0.2, 0) is 37.9 Å². The van der Waals surface area contributed by atoms with Crippen molar-refractivity contribution in [3.05, 3.63) is 285 Å². The highest BCUT2D eigenvalue weighted by atomic mass is 16.3. The van der Waals surface area contributed by atoms with Crippen molar-refractivity contribution in [2.24, 2.45) is 0 Å². The van der Waals surface area contributed by atoms with Gasteiger partial charge in [0.25, 0.3) is 0 Å². The van der Waals surface area contributed by atoms with Crippen LogP contribution in [0, 0.1) is 36.0 Å². The largest absolute Gasteiger partial charge is 0.394 e. The molecule has 0 spiro atoms. The van der Waals surface area contributed by atoms with E-state index in [1.165, 1.54) is 61.2 Å². The van der Waals surface area contributed by atoms with E-state index in [-0.39, 0.29) is 120 Å². The van der Waals surface area contributed by atoms with Gasteiger partial charge in [-0.25, -0.2) is 0 Å². The number of allylic oxidation sites excluding steroid dienone is 2. The summed E-state index contributed by atoms with van der Waals surface area (Å²) in [5.74, 6) is 5.59. The van der Waals surface area contributed by atoms with Crippen LogP contribution >= 0.6 is 0 Å². The molecule has 9 heteroatoms. The SMILES string of the molecule is C#CC[C@@H](NC(C)(C)C)c1ccc(C(C)(C)C)cc1.C#C[C@@H](NC(C)(C)C)c1ccc(C(C)(C)C)cc1.C/C=C/[C@@H](NC(C)(C)C)c1ccc(C(C)(C)C)cc1.C/C=C\[C@@H](NC(C)(C)C)c1ccc(C(C)(C)C)cc1.C=CC[C@@H](NC(C)(C)C)c1ccc(C(C)(C)C)cc1.CC(C)(C)NC(C#N)c1ccc(C(C)(C)C)cc1.CC(C)(C)N[C@H](CO)c1ccc(C(C)(C)C)cc1. The lowest BCUT2D eigenvalue weighted by molar-refractivity contribution is 0.217. The average Bonchev–Trinajstić information content (AvgIpc) is 0.819. The Morgan fingerprint density at radius 3 is 0.685 bits per heavy atom. The molecule has 9 nitrogen and oxygen atoms in total. The van der Waals surface area contributed by atoms with Gasteiger partial charge in [0.15, 0.2) is 0 Å². The molecule has 0 radical (unpaired) electrons. The van der Waals surface area contributed by atoms with Crippen molar-refractivity contribution in [2.45, 2.75) is 436 Å². The van der Waals surface area contributed by atoms with Crippen molar-refractivity contribution < 1.29 is 5.11 Å². The monoisotopic (exact) mass is 1770 g/mol. The quantitative estimate of drug-likeness (QED) is 0.0278. The van der Waals surface area contributed by atoms with E-state index in [4.69, 9.17) is 12.8 Å². The van der Waals surface area contributed by atoms with Crippen LogP contribution in [0.2, 0.25) is 0 Å². The lowest BCUT2D eigenvalue weighted by Crippen LogP contribution is -2.40. The number of nitrogens with one attached hydrogen (secondary N) is 7. The molecular weight excluding hydrogens is 1580 g/mol. The second kappa shape index (κ2) is 50.9. The third-order valence-electron chi connectivity index (χ3n) is 21.2. The number of hydrogen-bond acceptors (Lipinski definition) is 9. The maximum atomic E-state index is 9.51. The van der Waals surface area contributed by atoms with Gasteiger partial charge >= 0.3 is 0 Å². The van der Waals surface area contributed by atoms with Crippen molar-refractivity contribution in [1.29, 1.82) is 5.26 Å². The van der Waals surface area contributed by atoms with Gasteiger partial charge in [-0.3, -0.25) is 10.6 Å². The molecule has 7 aromatic rings. The molecule has 0 saturated heterocycles. The fraction of sp³-hybridized carbons (Fsp3) is 0.562. The van der Waals surface area contributed by atoms with E-state index in [1.54, 1.807) is 0 Å². The molecule has 1 unspecified atom stereocenters. The first kappa shape index (κ1) is 120. The number of aliphatic hydroxyl groups is 1. The number of rotatable bonds is 20. The van der Waals surface area contributed by atoms with Crippen LogP contribution in [0.4, 0.5) is 0 Å². The fourth-order valence-corrected chi connectivity index (χ4v) is 14.1. The number of benzene rings is 7. The van der Waals surface area contributed by atoms with Gasteiger partial charge in [-0.1, -0.05) is 352 Å². The number of hydrogen-bond donors (Lipinski definition) is 8. The Bertz CT molecular complexity index is 4380. The summed E-state index contributed by atoms with van der Waals surface area (Å²) < 4.78 is 0. The van der Waals surface area contributed by atoms with Crippen LogP contribution in [0.5, 0.6) is 0 Å². The van der Waals surface area contributed by atoms with Gasteiger partial charge in [-0.15, -0.1) is 25.3 Å².